The molecule has 3 rings (SSSR count). The number of aliphatic carboxylic acids is 1. The van der Waals surface area contributed by atoms with Crippen LogP contribution in [-0.2, 0) is 4.79 Å². The van der Waals surface area contributed by atoms with Crippen molar-refractivity contribution in [1.29, 1.82) is 0 Å². The van der Waals surface area contributed by atoms with E-state index in [2.05, 4.69) is 26.9 Å². The van der Waals surface area contributed by atoms with E-state index in [4.69, 9.17) is 0 Å². The number of carboxylic acids is 1. The van der Waals surface area contributed by atoms with E-state index >= 15 is 0 Å². The lowest BCUT2D eigenvalue weighted by Crippen LogP contribution is -2.49. The van der Waals surface area contributed by atoms with Crippen molar-refractivity contribution in [3.8, 4) is 0 Å². The fourth-order valence-corrected chi connectivity index (χ4v) is 3.56. The Kier molecular flexibility index (Phi) is 4.10. The molecule has 1 aromatic heterocycles. The van der Waals surface area contributed by atoms with Crippen LogP contribution in [0.2, 0.25) is 0 Å². The molecule has 21 heavy (non-hydrogen) atoms. The third kappa shape index (κ3) is 3.02. The molecule has 0 aromatic carbocycles. The van der Waals surface area contributed by atoms with E-state index < -0.39 is 5.97 Å². The van der Waals surface area contributed by atoms with E-state index in [1.807, 2.05) is 13.1 Å². The fraction of sp³-hybridized carbons (Fsp3) is 0.625. The Morgan fingerprint density at radius 2 is 2.00 bits per heavy atom. The Balaban J connectivity index is 1.60. The minimum absolute atomic E-state index is 0.265. The summed E-state index contributed by atoms with van der Waals surface area (Å²) in [5, 5.41) is 9.31. The Morgan fingerprint density at radius 1 is 1.24 bits per heavy atom. The third-order valence-corrected chi connectivity index (χ3v) is 4.73. The zero-order valence-corrected chi connectivity index (χ0v) is 12.5. The number of nitrogens with zero attached hydrogens (tertiary/aromatic N) is 3. The molecular weight excluding hydrogens is 266 g/mol. The molecular formula is C16H23N3O2. The van der Waals surface area contributed by atoms with Crippen molar-refractivity contribution in [2.75, 3.05) is 24.5 Å². The molecule has 0 bridgehead atoms. The van der Waals surface area contributed by atoms with Gasteiger partial charge in [0.25, 0.3) is 0 Å². The first kappa shape index (κ1) is 14.3. The van der Waals surface area contributed by atoms with E-state index in [1.54, 1.807) is 0 Å². The number of pyridine rings is 1. The van der Waals surface area contributed by atoms with Gasteiger partial charge in [-0.3, -0.25) is 9.69 Å². The molecule has 1 unspecified atom stereocenters. The highest BCUT2D eigenvalue weighted by Gasteiger charge is 2.36. The summed E-state index contributed by atoms with van der Waals surface area (Å²) < 4.78 is 0. The molecule has 0 saturated carbocycles. The van der Waals surface area contributed by atoms with Gasteiger partial charge in [0.05, 0.1) is 0 Å². The topological polar surface area (TPSA) is 56.7 Å². The Hall–Kier alpha value is -1.62. The minimum Gasteiger partial charge on any atom is -0.480 e. The van der Waals surface area contributed by atoms with Gasteiger partial charge in [-0.25, -0.2) is 4.98 Å². The van der Waals surface area contributed by atoms with Crippen LogP contribution in [0.15, 0.2) is 18.3 Å². The lowest BCUT2D eigenvalue weighted by atomic mass is 10.0. The van der Waals surface area contributed by atoms with Gasteiger partial charge in [0, 0.05) is 25.3 Å². The smallest absolute Gasteiger partial charge is 0.320 e. The number of carboxylic acid groups (broad SMARTS) is 1. The van der Waals surface area contributed by atoms with E-state index in [1.165, 1.54) is 5.56 Å². The molecule has 1 N–H and O–H groups in total. The zero-order chi connectivity index (χ0) is 14.8. The molecule has 2 aliphatic rings. The summed E-state index contributed by atoms with van der Waals surface area (Å²) >= 11 is 0. The lowest BCUT2D eigenvalue weighted by molar-refractivity contribution is -0.143. The van der Waals surface area contributed by atoms with Gasteiger partial charge in [0.2, 0.25) is 0 Å². The number of hydrogen-bond donors (Lipinski definition) is 1. The van der Waals surface area contributed by atoms with Gasteiger partial charge in [0.1, 0.15) is 11.9 Å². The number of rotatable bonds is 3. The van der Waals surface area contributed by atoms with Gasteiger partial charge in [-0.1, -0.05) is 6.07 Å². The molecule has 5 nitrogen and oxygen atoms in total. The summed E-state index contributed by atoms with van der Waals surface area (Å²) in [7, 11) is 0. The highest BCUT2D eigenvalue weighted by Crippen LogP contribution is 2.27. The quantitative estimate of drug-likeness (QED) is 0.921. The highest BCUT2D eigenvalue weighted by atomic mass is 16.4. The van der Waals surface area contributed by atoms with Gasteiger partial charge in [-0.15, -0.1) is 0 Å². The Bertz CT molecular complexity index is 495. The number of likely N-dealkylation sites (tertiary alicyclic amines) is 1. The van der Waals surface area contributed by atoms with Gasteiger partial charge >= 0.3 is 5.97 Å². The van der Waals surface area contributed by atoms with Crippen molar-refractivity contribution in [2.24, 2.45) is 0 Å². The summed E-state index contributed by atoms with van der Waals surface area (Å²) in [5.74, 6) is 0.380. The predicted octanol–water partition coefficient (Wildman–Crippen LogP) is 1.91. The second-order valence-electron chi connectivity index (χ2n) is 6.15. The molecule has 2 saturated heterocycles. The Labute approximate surface area is 125 Å². The molecule has 2 fully saturated rings. The summed E-state index contributed by atoms with van der Waals surface area (Å²) in [6.45, 7) is 4.90. The van der Waals surface area contributed by atoms with Crippen molar-refractivity contribution < 1.29 is 9.90 Å². The number of piperidine rings is 1. The number of anilines is 1. The maximum absolute atomic E-state index is 11.3. The molecule has 5 heteroatoms. The Morgan fingerprint density at radius 3 is 2.62 bits per heavy atom. The molecule has 1 atom stereocenters. The summed E-state index contributed by atoms with van der Waals surface area (Å²) in [5.41, 5.74) is 1.18. The van der Waals surface area contributed by atoms with Crippen LogP contribution in [0.1, 0.15) is 31.2 Å². The largest absolute Gasteiger partial charge is 0.480 e. The highest BCUT2D eigenvalue weighted by molar-refractivity contribution is 5.73. The minimum atomic E-state index is -0.657. The second-order valence-corrected chi connectivity index (χ2v) is 6.15. The molecule has 0 aliphatic carbocycles. The van der Waals surface area contributed by atoms with Crippen LogP contribution in [0.4, 0.5) is 5.82 Å². The van der Waals surface area contributed by atoms with Gasteiger partial charge < -0.3 is 10.0 Å². The normalized spacial score (nSPS) is 24.4. The van der Waals surface area contributed by atoms with Gasteiger partial charge in [0.15, 0.2) is 0 Å². The van der Waals surface area contributed by atoms with Crippen LogP contribution in [-0.4, -0.2) is 52.7 Å². The SMILES string of the molecule is Cc1ccc(N2CCC(N3CCCC3C(=O)O)CC2)nc1. The molecule has 1 aromatic rings. The van der Waals surface area contributed by atoms with E-state index in [0.717, 1.165) is 51.1 Å². The maximum Gasteiger partial charge on any atom is 0.320 e. The predicted molar refractivity (Wildman–Crippen MR) is 81.6 cm³/mol. The number of hydrogen-bond acceptors (Lipinski definition) is 4. The first-order chi connectivity index (χ1) is 10.1. The van der Waals surface area contributed by atoms with Crippen molar-refractivity contribution >= 4 is 11.8 Å². The average molecular weight is 289 g/mol. The third-order valence-electron chi connectivity index (χ3n) is 4.73. The summed E-state index contributed by atoms with van der Waals surface area (Å²) in [4.78, 5) is 20.3. The average Bonchev–Trinajstić information content (AvgIpc) is 2.98. The van der Waals surface area contributed by atoms with Crippen molar-refractivity contribution in [1.82, 2.24) is 9.88 Å². The number of aryl methyl sites for hydroxylation is 1. The van der Waals surface area contributed by atoms with Gasteiger partial charge in [-0.2, -0.15) is 0 Å². The van der Waals surface area contributed by atoms with Crippen LogP contribution in [0.3, 0.4) is 0 Å². The standard InChI is InChI=1S/C16H23N3O2/c1-12-4-5-15(17-11-12)18-9-6-13(7-10-18)19-8-2-3-14(19)16(20)21/h4-5,11,13-14H,2-3,6-10H2,1H3,(H,20,21). The summed E-state index contributed by atoms with van der Waals surface area (Å²) in [6.07, 6.45) is 5.77. The van der Waals surface area contributed by atoms with Gasteiger partial charge in [-0.05, 0) is 50.8 Å². The zero-order valence-electron chi connectivity index (χ0n) is 12.5. The maximum atomic E-state index is 11.3. The molecule has 0 spiro atoms. The van der Waals surface area contributed by atoms with Crippen LogP contribution in [0.25, 0.3) is 0 Å². The molecule has 3 heterocycles. The first-order valence-electron chi connectivity index (χ1n) is 7.81. The van der Waals surface area contributed by atoms with Crippen LogP contribution < -0.4 is 4.90 Å². The fourth-order valence-electron chi connectivity index (χ4n) is 3.56. The number of aromatic nitrogens is 1. The molecule has 114 valence electrons. The molecule has 0 radical (unpaired) electrons. The van der Waals surface area contributed by atoms with E-state index in [0.29, 0.717) is 6.04 Å². The summed E-state index contributed by atoms with van der Waals surface area (Å²) in [6, 6.07) is 4.32. The van der Waals surface area contributed by atoms with Crippen molar-refractivity contribution in [3.63, 3.8) is 0 Å². The van der Waals surface area contributed by atoms with Crippen LogP contribution >= 0.6 is 0 Å². The number of carbonyl (C=O) groups is 1. The van der Waals surface area contributed by atoms with E-state index in [9.17, 15) is 9.90 Å². The lowest BCUT2D eigenvalue weighted by Gasteiger charge is -2.38. The first-order valence-corrected chi connectivity index (χ1v) is 7.81. The van der Waals surface area contributed by atoms with Crippen molar-refractivity contribution in [3.05, 3.63) is 23.9 Å². The molecule has 0 amide bonds. The van der Waals surface area contributed by atoms with Crippen LogP contribution in [0, 0.1) is 6.92 Å². The molecule has 2 aliphatic heterocycles. The van der Waals surface area contributed by atoms with E-state index in [-0.39, 0.29) is 6.04 Å². The van der Waals surface area contributed by atoms with Crippen LogP contribution in [0.5, 0.6) is 0 Å². The van der Waals surface area contributed by atoms with Crippen molar-refractivity contribution in [2.45, 2.75) is 44.7 Å². The monoisotopic (exact) mass is 289 g/mol. The second kappa shape index (κ2) is 6.02.